The number of carbonyl (C=O) groups is 1. The minimum atomic E-state index is -0.866. The zero-order valence-corrected chi connectivity index (χ0v) is 11.6. The molecular weight excluding hydrogens is 248 g/mol. The number of nitrogens with one attached hydrogen (secondary N) is 1. The summed E-state index contributed by atoms with van der Waals surface area (Å²) in [6.07, 6.45) is 0. The van der Waals surface area contributed by atoms with Gasteiger partial charge in [0.05, 0.1) is 6.07 Å². The summed E-state index contributed by atoms with van der Waals surface area (Å²) >= 11 is 0. The van der Waals surface area contributed by atoms with Crippen molar-refractivity contribution in [3.8, 4) is 17.2 Å². The van der Waals surface area contributed by atoms with Crippen molar-refractivity contribution < 1.29 is 4.79 Å². The Morgan fingerprint density at radius 2 is 1.55 bits per heavy atom. The second-order valence-electron chi connectivity index (χ2n) is 5.13. The molecule has 0 fully saturated rings. The molecule has 0 unspecified atom stereocenters. The Kier molecular flexibility index (Phi) is 3.86. The molecule has 0 heterocycles. The maximum Gasteiger partial charge on any atom is 0.252 e. The molecule has 3 heteroatoms. The van der Waals surface area contributed by atoms with Crippen molar-refractivity contribution in [1.29, 1.82) is 5.26 Å². The van der Waals surface area contributed by atoms with Gasteiger partial charge in [-0.1, -0.05) is 42.5 Å². The van der Waals surface area contributed by atoms with Gasteiger partial charge < -0.3 is 5.32 Å². The lowest BCUT2D eigenvalue weighted by atomic mass is 10.0. The first-order valence-corrected chi connectivity index (χ1v) is 6.41. The lowest BCUT2D eigenvalue weighted by Crippen LogP contribution is -2.42. The average molecular weight is 264 g/mol. The molecule has 0 bridgehead atoms. The number of rotatable bonds is 3. The lowest BCUT2D eigenvalue weighted by molar-refractivity contribution is 0.0929. The summed E-state index contributed by atoms with van der Waals surface area (Å²) in [6.45, 7) is 3.34. The highest BCUT2D eigenvalue weighted by Crippen LogP contribution is 2.19. The third kappa shape index (κ3) is 3.24. The SMILES string of the molecule is CC(C)(C#N)NC(=O)c1ccc(-c2ccccc2)cc1. The molecule has 2 aromatic rings. The van der Waals surface area contributed by atoms with Gasteiger partial charge in [-0.05, 0) is 37.1 Å². The van der Waals surface area contributed by atoms with Crippen LogP contribution in [0.25, 0.3) is 11.1 Å². The van der Waals surface area contributed by atoms with E-state index < -0.39 is 5.54 Å². The molecule has 0 aromatic heterocycles. The largest absolute Gasteiger partial charge is 0.334 e. The van der Waals surface area contributed by atoms with Gasteiger partial charge >= 0.3 is 0 Å². The fourth-order valence-corrected chi connectivity index (χ4v) is 1.83. The normalized spacial score (nSPS) is 10.7. The van der Waals surface area contributed by atoms with Gasteiger partial charge in [0.1, 0.15) is 5.54 Å². The van der Waals surface area contributed by atoms with Gasteiger partial charge in [-0.3, -0.25) is 4.79 Å². The number of nitrogens with zero attached hydrogens (tertiary/aromatic N) is 1. The number of benzene rings is 2. The van der Waals surface area contributed by atoms with E-state index in [1.54, 1.807) is 26.0 Å². The zero-order chi connectivity index (χ0) is 14.6. The smallest absolute Gasteiger partial charge is 0.252 e. The summed E-state index contributed by atoms with van der Waals surface area (Å²) in [5.41, 5.74) is 1.85. The van der Waals surface area contributed by atoms with E-state index in [0.29, 0.717) is 5.56 Å². The predicted molar refractivity (Wildman–Crippen MR) is 79.0 cm³/mol. The molecule has 100 valence electrons. The van der Waals surface area contributed by atoms with Crippen molar-refractivity contribution in [1.82, 2.24) is 5.32 Å². The molecular formula is C17H16N2O. The van der Waals surface area contributed by atoms with Crippen molar-refractivity contribution in [2.75, 3.05) is 0 Å². The maximum atomic E-state index is 12.0. The van der Waals surface area contributed by atoms with Crippen LogP contribution in [0.2, 0.25) is 0 Å². The standard InChI is InChI=1S/C17H16N2O/c1-17(2,12-18)19-16(20)15-10-8-14(9-11-15)13-6-4-3-5-7-13/h3-11H,1-2H3,(H,19,20). The Morgan fingerprint density at radius 1 is 1.00 bits per heavy atom. The predicted octanol–water partition coefficient (Wildman–Crippen LogP) is 3.39. The van der Waals surface area contributed by atoms with Crippen LogP contribution in [-0.4, -0.2) is 11.4 Å². The Hall–Kier alpha value is -2.60. The average Bonchev–Trinajstić information content (AvgIpc) is 2.48. The van der Waals surface area contributed by atoms with Crippen LogP contribution >= 0.6 is 0 Å². The molecule has 0 aliphatic heterocycles. The van der Waals surface area contributed by atoms with Crippen LogP contribution < -0.4 is 5.32 Å². The Labute approximate surface area is 118 Å². The molecule has 0 radical (unpaired) electrons. The number of hydrogen-bond acceptors (Lipinski definition) is 2. The quantitative estimate of drug-likeness (QED) is 0.923. The minimum Gasteiger partial charge on any atom is -0.334 e. The highest BCUT2D eigenvalue weighted by atomic mass is 16.1. The minimum absolute atomic E-state index is 0.240. The van der Waals surface area contributed by atoms with E-state index in [2.05, 4.69) is 5.32 Å². The first kappa shape index (κ1) is 13.8. The fraction of sp³-hybridized carbons (Fsp3) is 0.176. The van der Waals surface area contributed by atoms with Crippen LogP contribution in [-0.2, 0) is 0 Å². The van der Waals surface area contributed by atoms with E-state index in [1.807, 2.05) is 48.5 Å². The first-order chi connectivity index (χ1) is 9.52. The number of amides is 1. The molecule has 1 N–H and O–H groups in total. The number of nitriles is 1. The molecule has 0 atom stereocenters. The summed E-state index contributed by atoms with van der Waals surface area (Å²) in [5.74, 6) is -0.240. The molecule has 3 nitrogen and oxygen atoms in total. The molecule has 20 heavy (non-hydrogen) atoms. The molecule has 0 spiro atoms. The van der Waals surface area contributed by atoms with Crippen LogP contribution in [0.5, 0.6) is 0 Å². The van der Waals surface area contributed by atoms with Gasteiger partial charge in [-0.25, -0.2) is 0 Å². The molecule has 0 aliphatic carbocycles. The van der Waals surface area contributed by atoms with Crippen molar-refractivity contribution in [2.24, 2.45) is 0 Å². The molecule has 0 aliphatic rings. The topological polar surface area (TPSA) is 52.9 Å². The van der Waals surface area contributed by atoms with E-state index in [0.717, 1.165) is 11.1 Å². The maximum absolute atomic E-state index is 12.0. The first-order valence-electron chi connectivity index (χ1n) is 6.41. The molecule has 0 saturated carbocycles. The third-order valence-corrected chi connectivity index (χ3v) is 2.96. The summed E-state index contributed by atoms with van der Waals surface area (Å²) in [7, 11) is 0. The molecule has 2 aromatic carbocycles. The van der Waals surface area contributed by atoms with E-state index in [4.69, 9.17) is 5.26 Å². The summed E-state index contributed by atoms with van der Waals surface area (Å²) in [5, 5.41) is 11.6. The fourth-order valence-electron chi connectivity index (χ4n) is 1.83. The second-order valence-corrected chi connectivity index (χ2v) is 5.13. The Balaban J connectivity index is 2.17. The summed E-state index contributed by atoms with van der Waals surface area (Å²) in [4.78, 5) is 12.0. The van der Waals surface area contributed by atoms with Gasteiger partial charge in [0, 0.05) is 5.56 Å². The number of hydrogen-bond donors (Lipinski definition) is 1. The highest BCUT2D eigenvalue weighted by molar-refractivity contribution is 5.95. The van der Waals surface area contributed by atoms with Crippen molar-refractivity contribution >= 4 is 5.91 Å². The zero-order valence-electron chi connectivity index (χ0n) is 11.6. The van der Waals surface area contributed by atoms with E-state index in [1.165, 1.54) is 0 Å². The van der Waals surface area contributed by atoms with Crippen LogP contribution in [0.1, 0.15) is 24.2 Å². The van der Waals surface area contributed by atoms with Gasteiger partial charge in [-0.2, -0.15) is 5.26 Å². The van der Waals surface area contributed by atoms with E-state index in [9.17, 15) is 4.79 Å². The van der Waals surface area contributed by atoms with E-state index >= 15 is 0 Å². The van der Waals surface area contributed by atoms with Crippen LogP contribution in [0.15, 0.2) is 54.6 Å². The summed E-state index contributed by atoms with van der Waals surface area (Å²) in [6, 6.07) is 19.4. The molecule has 0 saturated heterocycles. The van der Waals surface area contributed by atoms with Crippen LogP contribution in [0, 0.1) is 11.3 Å². The molecule has 2 rings (SSSR count). The van der Waals surface area contributed by atoms with E-state index in [-0.39, 0.29) is 5.91 Å². The summed E-state index contributed by atoms with van der Waals surface area (Å²) < 4.78 is 0. The Morgan fingerprint density at radius 3 is 2.10 bits per heavy atom. The van der Waals surface area contributed by atoms with Crippen molar-refractivity contribution in [3.63, 3.8) is 0 Å². The van der Waals surface area contributed by atoms with Gasteiger partial charge in [0.15, 0.2) is 0 Å². The molecule has 1 amide bonds. The van der Waals surface area contributed by atoms with Crippen molar-refractivity contribution in [2.45, 2.75) is 19.4 Å². The van der Waals surface area contributed by atoms with Crippen LogP contribution in [0.4, 0.5) is 0 Å². The van der Waals surface area contributed by atoms with Gasteiger partial charge in [-0.15, -0.1) is 0 Å². The number of carbonyl (C=O) groups excluding carboxylic acids is 1. The Bertz CT molecular complexity index is 637. The lowest BCUT2D eigenvalue weighted by Gasteiger charge is -2.17. The third-order valence-electron chi connectivity index (χ3n) is 2.96. The second kappa shape index (κ2) is 5.58. The highest BCUT2D eigenvalue weighted by Gasteiger charge is 2.20. The van der Waals surface area contributed by atoms with Crippen molar-refractivity contribution in [3.05, 3.63) is 60.2 Å². The van der Waals surface area contributed by atoms with Gasteiger partial charge in [0.25, 0.3) is 5.91 Å². The monoisotopic (exact) mass is 264 g/mol. The van der Waals surface area contributed by atoms with Crippen LogP contribution in [0.3, 0.4) is 0 Å². The van der Waals surface area contributed by atoms with Gasteiger partial charge in [0.2, 0.25) is 0 Å².